The Labute approximate surface area is 113 Å². The Morgan fingerprint density at radius 3 is 2.06 bits per heavy atom. The van der Waals surface area contributed by atoms with Gasteiger partial charge >= 0.3 is 25.9 Å². The molecule has 1 heterocycles. The van der Waals surface area contributed by atoms with Crippen LogP contribution in [0.5, 0.6) is 0 Å². The number of rotatable bonds is 6. The minimum absolute atomic E-state index is 0.584. The molecule has 108 valence electrons. The van der Waals surface area contributed by atoms with Gasteiger partial charge in [-0.15, -0.1) is 0 Å². The van der Waals surface area contributed by atoms with E-state index < -0.39 is 25.9 Å². The van der Waals surface area contributed by atoms with Crippen LogP contribution in [0.2, 0.25) is 32.2 Å². The third-order valence-corrected chi connectivity index (χ3v) is 13.9. The van der Waals surface area contributed by atoms with Crippen molar-refractivity contribution in [3.63, 3.8) is 0 Å². The Morgan fingerprint density at radius 1 is 1.00 bits per heavy atom. The molecule has 1 fully saturated rings. The Kier molecular flexibility index (Phi) is 5.71. The van der Waals surface area contributed by atoms with E-state index in [-0.39, 0.29) is 0 Å². The van der Waals surface area contributed by atoms with Crippen molar-refractivity contribution < 1.29 is 17.1 Å². The van der Waals surface area contributed by atoms with Gasteiger partial charge in [-0.1, -0.05) is 0 Å². The maximum absolute atomic E-state index is 10.5. The maximum Gasteiger partial charge on any atom is 0.480 e. The van der Waals surface area contributed by atoms with Gasteiger partial charge in [0.15, 0.2) is 0 Å². The van der Waals surface area contributed by atoms with Gasteiger partial charge < -0.3 is 28.2 Å². The van der Waals surface area contributed by atoms with Gasteiger partial charge in [0.2, 0.25) is 0 Å². The van der Waals surface area contributed by atoms with Crippen molar-refractivity contribution in [2.24, 2.45) is 5.73 Å². The molecule has 0 aromatic rings. The predicted octanol–water partition coefficient (Wildman–Crippen LogP) is 0.323. The minimum atomic E-state index is -3.04. The summed E-state index contributed by atoms with van der Waals surface area (Å²) in [6, 6.07) is 0.584. The largest absolute Gasteiger partial charge is 0.480 e. The number of nitrogens with two attached hydrogens (primary N) is 1. The van der Waals surface area contributed by atoms with E-state index in [0.717, 1.165) is 19.5 Å². The molecule has 0 spiro atoms. The summed E-state index contributed by atoms with van der Waals surface area (Å²) >= 11 is 0. The van der Waals surface area contributed by atoms with Crippen molar-refractivity contribution in [1.29, 1.82) is 0 Å². The second-order valence-corrected chi connectivity index (χ2v) is 15.4. The second kappa shape index (κ2) is 6.24. The summed E-state index contributed by atoms with van der Waals surface area (Å²) in [4.78, 5) is 10.5. The van der Waals surface area contributed by atoms with E-state index in [1.165, 1.54) is 0 Å². The second-order valence-electron chi connectivity index (χ2n) is 5.46. The summed E-state index contributed by atoms with van der Waals surface area (Å²) in [5.41, 5.74) is 5.39. The zero-order valence-electron chi connectivity index (χ0n) is 11.8. The average Bonchev–Trinajstić information content (AvgIpc) is 2.11. The van der Waals surface area contributed by atoms with Crippen LogP contribution in [0.4, 0.5) is 0 Å². The summed E-state index contributed by atoms with van der Waals surface area (Å²) in [6.07, 6.45) is 0.831. The van der Waals surface area contributed by atoms with Crippen LogP contribution in [0.1, 0.15) is 6.42 Å². The molecule has 0 bridgehead atoms. The van der Waals surface area contributed by atoms with Gasteiger partial charge in [-0.05, 0) is 39.2 Å². The molecule has 0 saturated carbocycles. The molecule has 18 heavy (non-hydrogen) atoms. The van der Waals surface area contributed by atoms with Gasteiger partial charge in [-0.25, -0.2) is 0 Å². The molecule has 0 aromatic carbocycles. The highest BCUT2D eigenvalue weighted by Crippen LogP contribution is 2.31. The van der Waals surface area contributed by atoms with E-state index in [1.54, 1.807) is 0 Å². The normalized spacial score (nSPS) is 25.0. The number of hydrogen-bond acceptors (Lipinski definition) is 6. The Hall–Kier alpha value is 0.411. The Bertz CT molecular complexity index is 263. The van der Waals surface area contributed by atoms with Crippen LogP contribution < -0.4 is 11.1 Å². The fraction of sp³-hybridized carbons (Fsp3) is 1.00. The molecule has 9 heteroatoms. The highest BCUT2D eigenvalue weighted by molar-refractivity contribution is 6.90. The molecule has 0 aromatic heterocycles. The molecule has 0 amide bonds. The molecule has 0 atom stereocenters. The molecule has 1 saturated heterocycles. The molecular weight excluding hydrogens is 284 g/mol. The lowest BCUT2D eigenvalue weighted by molar-refractivity contribution is 0.157. The number of nitrogens with one attached hydrogen (secondary N) is 1. The third-order valence-electron chi connectivity index (χ3n) is 2.47. The highest BCUT2D eigenvalue weighted by atomic mass is 28.5. The van der Waals surface area contributed by atoms with Crippen LogP contribution in [0.3, 0.4) is 0 Å². The Balaban J connectivity index is 2.46. The van der Waals surface area contributed by atoms with E-state index in [1.807, 2.05) is 26.2 Å². The predicted molar refractivity (Wildman–Crippen MR) is 77.5 cm³/mol. The van der Waals surface area contributed by atoms with Crippen molar-refractivity contribution in [2.45, 2.75) is 38.7 Å². The minimum Gasteiger partial charge on any atom is -0.416 e. The zero-order valence-corrected chi connectivity index (χ0v) is 14.8. The molecular formula is C9H26N2O4Si3. The lowest BCUT2D eigenvalue weighted by Gasteiger charge is -2.45. The summed E-state index contributed by atoms with van der Waals surface area (Å²) in [5, 5.41) is 3.20. The number of hydrogen-bond donors (Lipinski definition) is 3. The standard InChI is InChI=1S/C9H26N2O4Si3/c1-16(2)13-17(3,4)15-18(12,14-16)9-5-7-11-8-6-10/h11-12H,5-10H2,1-4H3. The average molecular weight is 311 g/mol. The maximum atomic E-state index is 10.5. The first-order valence-electron chi connectivity index (χ1n) is 6.42. The van der Waals surface area contributed by atoms with Gasteiger partial charge in [-0.2, -0.15) is 0 Å². The summed E-state index contributed by atoms with van der Waals surface area (Å²) in [5.74, 6) is 0. The molecule has 0 aliphatic carbocycles. The molecule has 1 aliphatic rings. The van der Waals surface area contributed by atoms with Gasteiger partial charge in [0.1, 0.15) is 0 Å². The zero-order chi connectivity index (χ0) is 13.9. The first-order valence-corrected chi connectivity index (χ1v) is 14.0. The topological polar surface area (TPSA) is 86.0 Å². The summed E-state index contributed by atoms with van der Waals surface area (Å²) in [6.45, 7) is 10.1. The van der Waals surface area contributed by atoms with Crippen LogP contribution in [0.25, 0.3) is 0 Å². The summed E-state index contributed by atoms with van der Waals surface area (Å²) < 4.78 is 17.4. The van der Waals surface area contributed by atoms with Gasteiger partial charge in [0.05, 0.1) is 0 Å². The van der Waals surface area contributed by atoms with Crippen LogP contribution in [0, 0.1) is 0 Å². The van der Waals surface area contributed by atoms with E-state index in [0.29, 0.717) is 12.6 Å². The monoisotopic (exact) mass is 310 g/mol. The molecule has 0 radical (unpaired) electrons. The van der Waals surface area contributed by atoms with E-state index in [9.17, 15) is 4.80 Å². The van der Waals surface area contributed by atoms with Crippen LogP contribution in [-0.2, 0) is 12.3 Å². The van der Waals surface area contributed by atoms with Gasteiger partial charge in [-0.3, -0.25) is 0 Å². The molecule has 6 nitrogen and oxygen atoms in total. The van der Waals surface area contributed by atoms with Crippen molar-refractivity contribution in [3.05, 3.63) is 0 Å². The first kappa shape index (κ1) is 16.5. The van der Waals surface area contributed by atoms with Crippen molar-refractivity contribution in [2.75, 3.05) is 19.6 Å². The first-order chi connectivity index (χ1) is 8.18. The van der Waals surface area contributed by atoms with Gasteiger partial charge in [0.25, 0.3) is 0 Å². The molecule has 1 rings (SSSR count). The van der Waals surface area contributed by atoms with Crippen molar-refractivity contribution in [3.8, 4) is 0 Å². The lowest BCUT2D eigenvalue weighted by Crippen LogP contribution is -2.66. The fourth-order valence-corrected chi connectivity index (χ4v) is 16.1. The fourth-order valence-electron chi connectivity index (χ4n) is 2.19. The van der Waals surface area contributed by atoms with Gasteiger partial charge in [0, 0.05) is 19.1 Å². The highest BCUT2D eigenvalue weighted by Gasteiger charge is 2.55. The summed E-state index contributed by atoms with van der Waals surface area (Å²) in [7, 11) is -7.50. The SMILES string of the molecule is C[Si]1(C)O[Si](C)(C)O[Si](O)(CCCNCCN)O1. The van der Waals surface area contributed by atoms with Crippen LogP contribution >= 0.6 is 0 Å². The van der Waals surface area contributed by atoms with E-state index >= 15 is 0 Å². The van der Waals surface area contributed by atoms with E-state index in [4.69, 9.17) is 18.1 Å². The van der Waals surface area contributed by atoms with E-state index in [2.05, 4.69) is 5.32 Å². The third kappa shape index (κ3) is 5.59. The lowest BCUT2D eigenvalue weighted by atomic mass is 10.5. The molecule has 4 N–H and O–H groups in total. The quantitative estimate of drug-likeness (QED) is 0.484. The molecule has 1 aliphatic heterocycles. The van der Waals surface area contributed by atoms with Crippen molar-refractivity contribution in [1.82, 2.24) is 5.32 Å². The van der Waals surface area contributed by atoms with Crippen molar-refractivity contribution >= 4 is 25.9 Å². The van der Waals surface area contributed by atoms with Crippen LogP contribution in [0.15, 0.2) is 0 Å². The smallest absolute Gasteiger partial charge is 0.416 e. The Morgan fingerprint density at radius 2 is 1.56 bits per heavy atom. The molecule has 0 unspecified atom stereocenters. The van der Waals surface area contributed by atoms with Crippen LogP contribution in [-0.4, -0.2) is 50.4 Å².